The average molecular weight is 337 g/mol. The first-order valence-corrected chi connectivity index (χ1v) is 8.60. The van der Waals surface area contributed by atoms with Crippen LogP contribution in [0, 0.1) is 0 Å². The van der Waals surface area contributed by atoms with Gasteiger partial charge in [0.05, 0.1) is 5.69 Å². The van der Waals surface area contributed by atoms with Gasteiger partial charge in [-0.3, -0.25) is 14.6 Å². The SMILES string of the molecule is CCSN1C(=O)C(=Cc2ccccn2)C(=O)N(SCC)C1=O. The molecule has 6 nitrogen and oxygen atoms in total. The number of nitrogens with zero attached hydrogens (tertiary/aromatic N) is 3. The Hall–Kier alpha value is -1.80. The molecule has 0 N–H and O–H groups in total. The second-order valence-electron chi connectivity index (χ2n) is 4.13. The average Bonchev–Trinajstić information content (AvgIpc) is 2.53. The van der Waals surface area contributed by atoms with Crippen LogP contribution >= 0.6 is 23.9 Å². The molecule has 1 aromatic heterocycles. The molecule has 22 heavy (non-hydrogen) atoms. The molecule has 116 valence electrons. The number of rotatable bonds is 5. The molecule has 2 rings (SSSR count). The van der Waals surface area contributed by atoms with Crippen molar-refractivity contribution in [1.82, 2.24) is 13.6 Å². The summed E-state index contributed by atoms with van der Waals surface area (Å²) in [6.45, 7) is 3.67. The molecule has 0 atom stereocenters. The number of barbiturate groups is 1. The molecule has 0 radical (unpaired) electrons. The van der Waals surface area contributed by atoms with E-state index in [2.05, 4.69) is 4.98 Å². The topological polar surface area (TPSA) is 70.6 Å². The van der Waals surface area contributed by atoms with E-state index in [9.17, 15) is 14.4 Å². The van der Waals surface area contributed by atoms with Gasteiger partial charge < -0.3 is 0 Å². The summed E-state index contributed by atoms with van der Waals surface area (Å²) >= 11 is 2.16. The van der Waals surface area contributed by atoms with E-state index < -0.39 is 17.8 Å². The number of hydrogen-bond acceptors (Lipinski definition) is 6. The molecule has 0 aromatic carbocycles. The zero-order chi connectivity index (χ0) is 16.1. The zero-order valence-electron chi connectivity index (χ0n) is 12.2. The Bertz CT molecular complexity index is 589. The van der Waals surface area contributed by atoms with E-state index in [4.69, 9.17) is 0 Å². The fraction of sp³-hybridized carbons (Fsp3) is 0.286. The molecule has 1 fully saturated rings. The minimum absolute atomic E-state index is 0.0554. The molecule has 1 aromatic rings. The Kier molecular flexibility index (Phi) is 5.62. The molecule has 4 amide bonds. The predicted octanol–water partition coefficient (Wildman–Crippen LogP) is 2.59. The van der Waals surface area contributed by atoms with Gasteiger partial charge in [0.2, 0.25) is 0 Å². The van der Waals surface area contributed by atoms with Crippen molar-refractivity contribution in [3.05, 3.63) is 35.7 Å². The second kappa shape index (κ2) is 7.46. The number of carbonyl (C=O) groups is 3. The number of urea groups is 1. The lowest BCUT2D eigenvalue weighted by atomic mass is 10.1. The van der Waals surface area contributed by atoms with Crippen LogP contribution < -0.4 is 0 Å². The number of amides is 4. The van der Waals surface area contributed by atoms with Crippen LogP contribution in [0.2, 0.25) is 0 Å². The number of aromatic nitrogens is 1. The van der Waals surface area contributed by atoms with Crippen LogP contribution in [-0.4, -0.2) is 42.9 Å². The van der Waals surface area contributed by atoms with Crippen molar-refractivity contribution in [2.75, 3.05) is 11.5 Å². The highest BCUT2D eigenvalue weighted by molar-refractivity contribution is 7.99. The van der Waals surface area contributed by atoms with Crippen LogP contribution in [-0.2, 0) is 9.59 Å². The summed E-state index contributed by atoms with van der Waals surface area (Å²) in [5.74, 6) is -0.0960. The van der Waals surface area contributed by atoms with Crippen LogP contribution in [0.15, 0.2) is 30.0 Å². The third-order valence-corrected chi connectivity index (χ3v) is 4.35. The lowest BCUT2D eigenvalue weighted by Gasteiger charge is -2.31. The Labute approximate surface area is 137 Å². The highest BCUT2D eigenvalue weighted by Gasteiger charge is 2.42. The molecular weight excluding hydrogens is 322 g/mol. The van der Waals surface area contributed by atoms with E-state index in [1.54, 1.807) is 24.4 Å². The largest absolute Gasteiger partial charge is 0.354 e. The van der Waals surface area contributed by atoms with Gasteiger partial charge in [0.25, 0.3) is 11.8 Å². The maximum Gasteiger partial charge on any atom is 0.354 e. The Morgan fingerprint density at radius 1 is 1.05 bits per heavy atom. The van der Waals surface area contributed by atoms with Gasteiger partial charge >= 0.3 is 6.03 Å². The van der Waals surface area contributed by atoms with Gasteiger partial charge in [0, 0.05) is 17.7 Å². The van der Waals surface area contributed by atoms with Gasteiger partial charge in [0.1, 0.15) is 5.57 Å². The second-order valence-corrected chi connectivity index (χ2v) is 6.53. The minimum atomic E-state index is -0.605. The molecule has 2 heterocycles. The van der Waals surface area contributed by atoms with Crippen molar-refractivity contribution < 1.29 is 14.4 Å². The maximum atomic E-state index is 12.4. The molecule has 0 spiro atoms. The first-order chi connectivity index (χ1) is 10.6. The standard InChI is InChI=1S/C14H15N3O3S2/c1-3-21-16-12(18)11(9-10-7-5-6-8-15-10)13(19)17(14(16)20)22-4-2/h5-9H,3-4H2,1-2H3. The van der Waals surface area contributed by atoms with Crippen LogP contribution in [0.4, 0.5) is 4.79 Å². The number of carbonyl (C=O) groups excluding carboxylic acids is 3. The molecule has 1 aliphatic heterocycles. The number of imide groups is 2. The van der Waals surface area contributed by atoms with Crippen molar-refractivity contribution in [3.8, 4) is 0 Å². The van der Waals surface area contributed by atoms with Gasteiger partial charge in [-0.05, 0) is 42.1 Å². The molecular formula is C14H15N3O3S2. The van der Waals surface area contributed by atoms with Crippen LogP contribution in [0.5, 0.6) is 0 Å². The van der Waals surface area contributed by atoms with Gasteiger partial charge in [-0.1, -0.05) is 19.9 Å². The molecule has 1 saturated heterocycles. The molecule has 0 saturated carbocycles. The van der Waals surface area contributed by atoms with Crippen molar-refractivity contribution in [1.29, 1.82) is 0 Å². The first kappa shape index (κ1) is 16.6. The summed E-state index contributed by atoms with van der Waals surface area (Å²) in [4.78, 5) is 41.2. The lowest BCUT2D eigenvalue weighted by Crippen LogP contribution is -2.50. The van der Waals surface area contributed by atoms with Crippen molar-refractivity contribution in [3.63, 3.8) is 0 Å². The van der Waals surface area contributed by atoms with Crippen molar-refractivity contribution in [2.45, 2.75) is 13.8 Å². The maximum absolute atomic E-state index is 12.4. The van der Waals surface area contributed by atoms with Crippen LogP contribution in [0.25, 0.3) is 6.08 Å². The number of hydrogen-bond donors (Lipinski definition) is 0. The first-order valence-electron chi connectivity index (χ1n) is 6.71. The summed E-state index contributed by atoms with van der Waals surface area (Å²) in [7, 11) is 0. The van der Waals surface area contributed by atoms with Gasteiger partial charge in [-0.2, -0.15) is 8.61 Å². The molecule has 8 heteroatoms. The van der Waals surface area contributed by atoms with Crippen molar-refractivity contribution in [2.24, 2.45) is 0 Å². The lowest BCUT2D eigenvalue weighted by molar-refractivity contribution is -0.129. The predicted molar refractivity (Wildman–Crippen MR) is 87.6 cm³/mol. The summed E-state index contributed by atoms with van der Waals surface area (Å²) in [6, 6.07) is 4.60. The van der Waals surface area contributed by atoms with Gasteiger partial charge in [-0.15, -0.1) is 0 Å². The zero-order valence-corrected chi connectivity index (χ0v) is 13.8. The van der Waals surface area contributed by atoms with Crippen LogP contribution in [0.3, 0.4) is 0 Å². The summed E-state index contributed by atoms with van der Waals surface area (Å²) in [5, 5.41) is 0. The highest BCUT2D eigenvalue weighted by atomic mass is 32.2. The van der Waals surface area contributed by atoms with E-state index in [1.165, 1.54) is 6.08 Å². The third-order valence-electron chi connectivity index (χ3n) is 2.67. The quantitative estimate of drug-likeness (QED) is 0.467. The molecule has 0 aliphatic carbocycles. The van der Waals surface area contributed by atoms with Crippen LogP contribution in [0.1, 0.15) is 19.5 Å². The fourth-order valence-corrected chi connectivity index (χ4v) is 3.17. The van der Waals surface area contributed by atoms with E-state index >= 15 is 0 Å². The summed E-state index contributed by atoms with van der Waals surface area (Å²) in [5.41, 5.74) is 0.441. The Morgan fingerprint density at radius 3 is 2.09 bits per heavy atom. The fourth-order valence-electron chi connectivity index (χ4n) is 1.79. The minimum Gasteiger partial charge on any atom is -0.267 e. The summed E-state index contributed by atoms with van der Waals surface area (Å²) < 4.78 is 2.05. The molecule has 0 bridgehead atoms. The van der Waals surface area contributed by atoms with Gasteiger partial charge in [0.15, 0.2) is 0 Å². The summed E-state index contributed by atoms with van der Waals surface area (Å²) in [6.07, 6.45) is 3.00. The number of pyridine rings is 1. The molecule has 1 aliphatic rings. The smallest absolute Gasteiger partial charge is 0.267 e. The van der Waals surface area contributed by atoms with Gasteiger partial charge in [-0.25, -0.2) is 4.79 Å². The Morgan fingerprint density at radius 2 is 1.64 bits per heavy atom. The van der Waals surface area contributed by atoms with E-state index in [-0.39, 0.29) is 5.57 Å². The Balaban J connectivity index is 2.42. The molecule has 0 unspecified atom stereocenters. The highest BCUT2D eigenvalue weighted by Crippen LogP contribution is 2.29. The normalized spacial score (nSPS) is 15.5. The third kappa shape index (κ3) is 3.33. The van der Waals surface area contributed by atoms with E-state index in [0.29, 0.717) is 17.2 Å². The van der Waals surface area contributed by atoms with E-state index in [0.717, 1.165) is 32.5 Å². The van der Waals surface area contributed by atoms with Crippen molar-refractivity contribution >= 4 is 47.8 Å². The van der Waals surface area contributed by atoms with E-state index in [1.807, 2.05) is 13.8 Å². The monoisotopic (exact) mass is 337 g/mol.